The van der Waals surface area contributed by atoms with Crippen LogP contribution in [0.4, 0.5) is 20.1 Å². The van der Waals surface area contributed by atoms with E-state index in [1.807, 2.05) is 6.92 Å². The van der Waals surface area contributed by atoms with E-state index in [9.17, 15) is 49.2 Å². The Morgan fingerprint density at radius 1 is 1.02 bits per heavy atom. The molecule has 0 radical (unpaired) electrons. The number of Topliss-reactive ketones (excluding diaryl/α,β-unsaturated/α-hetero) is 1. The molecule has 1 aromatic carbocycles. The molecule has 3 aliphatic rings. The highest BCUT2D eigenvalue weighted by atomic mass is 16.4. The van der Waals surface area contributed by atoms with Gasteiger partial charge in [-0.05, 0) is 75.1 Å². The molecule has 1 spiro atoms. The Kier molecular flexibility index (Phi) is 12.7. The molecular weight excluding hydrogens is 726 g/mol. The summed E-state index contributed by atoms with van der Waals surface area (Å²) in [6.07, 6.45) is 0.335. The number of likely N-dealkylation sites (N-methyl/N-ethyl adjacent to an activating group) is 2. The summed E-state index contributed by atoms with van der Waals surface area (Å²) in [6.45, 7) is 7.84. The number of rotatable bonds is 16. The first kappa shape index (κ1) is 43.7. The predicted octanol–water partition coefficient (Wildman–Crippen LogP) is 2.03. The quantitative estimate of drug-likeness (QED) is 0.109. The van der Waals surface area contributed by atoms with Crippen LogP contribution in [0.2, 0.25) is 0 Å². The number of aliphatic hydroxyl groups excluding tert-OH is 1. The van der Waals surface area contributed by atoms with Crippen molar-refractivity contribution >= 4 is 41.5 Å². The zero-order chi connectivity index (χ0) is 42.1. The molecule has 0 bridgehead atoms. The van der Waals surface area contributed by atoms with Crippen LogP contribution in [-0.4, -0.2) is 123 Å². The average molecular weight is 784 g/mol. The number of urea groups is 1. The van der Waals surface area contributed by atoms with Gasteiger partial charge in [-0.25, -0.2) is 14.4 Å². The van der Waals surface area contributed by atoms with Crippen molar-refractivity contribution in [3.8, 4) is 0 Å². The average Bonchev–Trinajstić information content (AvgIpc) is 3.89. The van der Waals surface area contributed by atoms with Crippen molar-refractivity contribution in [3.63, 3.8) is 0 Å². The molecule has 1 aromatic rings. The minimum atomic E-state index is -1.72. The molecule has 4 rings (SSSR count). The predicted molar refractivity (Wildman–Crippen MR) is 206 cm³/mol. The first-order chi connectivity index (χ1) is 26.0. The van der Waals surface area contributed by atoms with Gasteiger partial charge in [0.2, 0.25) is 11.8 Å². The third-order valence-electron chi connectivity index (χ3n) is 12.2. The lowest BCUT2D eigenvalue weighted by molar-refractivity contribution is -0.138. The van der Waals surface area contributed by atoms with Crippen molar-refractivity contribution in [1.29, 1.82) is 0 Å². The van der Waals surface area contributed by atoms with Gasteiger partial charge in [0.1, 0.15) is 11.6 Å². The van der Waals surface area contributed by atoms with Gasteiger partial charge in [-0.15, -0.1) is 0 Å². The van der Waals surface area contributed by atoms with E-state index in [0.29, 0.717) is 41.7 Å². The molecule has 17 heteroatoms. The van der Waals surface area contributed by atoms with E-state index in [4.69, 9.17) is 11.5 Å². The minimum absolute atomic E-state index is 0.0873. The van der Waals surface area contributed by atoms with Crippen LogP contribution in [0.1, 0.15) is 65.9 Å². The molecule has 6 atom stereocenters. The highest BCUT2D eigenvalue weighted by Gasteiger charge is 2.69. The molecule has 0 heterocycles. The van der Waals surface area contributed by atoms with Crippen LogP contribution in [0.5, 0.6) is 0 Å². The van der Waals surface area contributed by atoms with Gasteiger partial charge < -0.3 is 57.6 Å². The summed E-state index contributed by atoms with van der Waals surface area (Å²) in [5, 5.41) is 51.3. The number of fused-ring (bicyclic) bond motifs is 1. The number of hydrogen-bond donors (Lipinski definition) is 9. The third kappa shape index (κ3) is 8.11. The molecule has 56 heavy (non-hydrogen) atoms. The molecule has 6 amide bonds. The summed E-state index contributed by atoms with van der Waals surface area (Å²) in [7, 11) is 2.66. The summed E-state index contributed by atoms with van der Waals surface area (Å²) < 4.78 is 0. The van der Waals surface area contributed by atoms with Crippen LogP contribution in [0.15, 0.2) is 47.1 Å². The summed E-state index contributed by atoms with van der Waals surface area (Å²) in [4.78, 5) is 79.0. The van der Waals surface area contributed by atoms with Crippen LogP contribution in [0, 0.1) is 22.7 Å². The second kappa shape index (κ2) is 16.2. The largest absolute Gasteiger partial charge is 0.465 e. The number of hydrogen-bond acceptors (Lipinski definition) is 9. The van der Waals surface area contributed by atoms with Crippen LogP contribution < -0.4 is 27.4 Å². The Labute approximate surface area is 326 Å². The van der Waals surface area contributed by atoms with Crippen molar-refractivity contribution in [2.45, 2.75) is 89.9 Å². The highest BCUT2D eigenvalue weighted by molar-refractivity contribution is 6.09. The normalized spacial score (nSPS) is 24.4. The molecule has 0 aromatic heterocycles. The van der Waals surface area contributed by atoms with E-state index in [0.717, 1.165) is 9.80 Å². The second-order valence-electron chi connectivity index (χ2n) is 16.4. The van der Waals surface area contributed by atoms with E-state index in [1.165, 1.54) is 21.0 Å². The summed E-state index contributed by atoms with van der Waals surface area (Å²) in [5.41, 5.74) is 7.95. The van der Waals surface area contributed by atoms with E-state index < -0.39 is 82.4 Å². The lowest BCUT2D eigenvalue weighted by atomic mass is 9.59. The monoisotopic (exact) mass is 783 g/mol. The molecule has 17 nitrogen and oxygen atoms in total. The van der Waals surface area contributed by atoms with Gasteiger partial charge in [0.15, 0.2) is 5.78 Å². The zero-order valence-electron chi connectivity index (χ0n) is 33.1. The van der Waals surface area contributed by atoms with Crippen LogP contribution in [-0.2, 0) is 20.8 Å². The van der Waals surface area contributed by atoms with Crippen molar-refractivity contribution in [2.24, 2.45) is 34.1 Å². The smallest absolute Gasteiger partial charge is 0.407 e. The number of carbonyl (C=O) groups excluding carboxylic acids is 4. The maximum atomic E-state index is 14.0. The fourth-order valence-electron chi connectivity index (χ4n) is 8.67. The molecule has 308 valence electrons. The van der Waals surface area contributed by atoms with Crippen molar-refractivity contribution in [1.82, 2.24) is 20.4 Å². The SMILES string of the molecule is CC1=C2C(=CC(C)(CO)C2C(Cc2ccc(NC(=O)[C@H](CCCNC(N)=O)NC(=O)[C@@H](N)C(C)C)cc2)(CN(C)C(=O)O)N(C)C(=O)O)C(=O)[C@](C)(O)C12CC2. The van der Waals surface area contributed by atoms with Gasteiger partial charge in [0.05, 0.1) is 18.2 Å². The van der Waals surface area contributed by atoms with Crippen molar-refractivity contribution in [2.75, 3.05) is 39.1 Å². The van der Waals surface area contributed by atoms with E-state index in [1.54, 1.807) is 51.1 Å². The number of carboxylic acid groups (broad SMARTS) is 2. The van der Waals surface area contributed by atoms with Gasteiger partial charge in [0.25, 0.3) is 0 Å². The number of ketones is 1. The highest BCUT2D eigenvalue weighted by Crippen LogP contribution is 2.68. The van der Waals surface area contributed by atoms with Crippen molar-refractivity contribution < 1.29 is 49.2 Å². The molecule has 0 saturated heterocycles. The number of anilines is 1. The fourth-order valence-corrected chi connectivity index (χ4v) is 8.67. The van der Waals surface area contributed by atoms with Gasteiger partial charge >= 0.3 is 18.2 Å². The number of aliphatic hydroxyl groups is 2. The molecule has 1 saturated carbocycles. The number of nitrogens with one attached hydrogen (secondary N) is 3. The molecule has 3 aliphatic carbocycles. The Morgan fingerprint density at radius 2 is 1.62 bits per heavy atom. The number of nitrogens with two attached hydrogens (primary N) is 2. The minimum Gasteiger partial charge on any atom is -0.465 e. The maximum Gasteiger partial charge on any atom is 0.407 e. The van der Waals surface area contributed by atoms with Gasteiger partial charge in [0, 0.05) is 55.2 Å². The molecule has 3 unspecified atom stereocenters. The van der Waals surface area contributed by atoms with E-state index in [-0.39, 0.29) is 37.4 Å². The molecular formula is C39H57N7O10. The van der Waals surface area contributed by atoms with Crippen LogP contribution in [0.3, 0.4) is 0 Å². The van der Waals surface area contributed by atoms with Gasteiger partial charge in [-0.2, -0.15) is 0 Å². The fraction of sp³-hybridized carbons (Fsp3) is 0.590. The van der Waals surface area contributed by atoms with Crippen LogP contribution in [0.25, 0.3) is 0 Å². The number of benzene rings is 1. The number of primary amides is 1. The van der Waals surface area contributed by atoms with Gasteiger partial charge in [-0.1, -0.05) is 44.6 Å². The first-order valence-corrected chi connectivity index (χ1v) is 18.7. The standard InChI is InChI=1S/C39H57N7O10/c1-21(2)28(40)32(50)44-26(9-8-16-42-33(41)51)31(49)43-24-12-10-23(11-13-24)17-39(46(7)35(54)55,19-45(6)34(52)53)29-27-22(3)38(14-15-38)37(5,56)30(48)25(27)18-36(29,4)20-47/h10-13,18,21,26,28-29,47,56H,8-9,14-17,19-20,40H2,1-7H3,(H,43,49)(H,44,50)(H,52,53)(H,54,55)(H3,41,42,51)/t26-,28-,29?,36?,37-,39?/m0/s1. The Morgan fingerprint density at radius 3 is 2.12 bits per heavy atom. The lowest BCUT2D eigenvalue weighted by Crippen LogP contribution is -2.65. The third-order valence-corrected chi connectivity index (χ3v) is 12.2. The Hall–Kier alpha value is -5.00. The topological polar surface area (TPSA) is 278 Å². The van der Waals surface area contributed by atoms with Gasteiger partial charge in [-0.3, -0.25) is 14.4 Å². The van der Waals surface area contributed by atoms with E-state index in [2.05, 4.69) is 16.0 Å². The van der Waals surface area contributed by atoms with Crippen molar-refractivity contribution in [3.05, 3.63) is 52.6 Å². The Balaban J connectivity index is 1.76. The van der Waals surface area contributed by atoms with E-state index >= 15 is 0 Å². The maximum absolute atomic E-state index is 14.0. The number of amides is 6. The zero-order valence-corrected chi connectivity index (χ0v) is 33.1. The molecule has 1 fully saturated rings. The first-order valence-electron chi connectivity index (χ1n) is 18.7. The Bertz CT molecular complexity index is 1800. The summed E-state index contributed by atoms with van der Waals surface area (Å²) in [5.74, 6) is -2.75. The summed E-state index contributed by atoms with van der Waals surface area (Å²) >= 11 is 0. The summed E-state index contributed by atoms with van der Waals surface area (Å²) in [6, 6.07) is 3.86. The number of nitrogens with zero attached hydrogens (tertiary/aromatic N) is 2. The number of carbonyl (C=O) groups is 6. The van der Waals surface area contributed by atoms with Crippen LogP contribution >= 0.6 is 0 Å². The molecule has 11 N–H and O–H groups in total. The lowest BCUT2D eigenvalue weighted by Gasteiger charge is -2.53. The second-order valence-corrected chi connectivity index (χ2v) is 16.4. The molecule has 0 aliphatic heterocycles.